The molecule has 1 aliphatic heterocycles. The highest BCUT2D eigenvalue weighted by molar-refractivity contribution is 6.30. The van der Waals surface area contributed by atoms with Crippen molar-refractivity contribution in [2.45, 2.75) is 25.6 Å². The van der Waals surface area contributed by atoms with Crippen LogP contribution >= 0.6 is 11.6 Å². The summed E-state index contributed by atoms with van der Waals surface area (Å²) in [5.41, 5.74) is 3.88. The minimum atomic E-state index is -0.734. The number of hydrogen-bond acceptors (Lipinski definition) is 6. The Balaban J connectivity index is 1.31. The van der Waals surface area contributed by atoms with Gasteiger partial charge in [-0.05, 0) is 59.5 Å². The van der Waals surface area contributed by atoms with Crippen LogP contribution in [-0.2, 0) is 18.4 Å². The van der Waals surface area contributed by atoms with Gasteiger partial charge < -0.3 is 20.6 Å². The molecule has 10 heteroatoms. The second kappa shape index (κ2) is 10.6. The van der Waals surface area contributed by atoms with Crippen molar-refractivity contribution in [1.82, 2.24) is 25.0 Å². The largest absolute Gasteiger partial charge is 0.394 e. The van der Waals surface area contributed by atoms with E-state index in [1.165, 1.54) is 4.90 Å². The van der Waals surface area contributed by atoms with Crippen LogP contribution in [0.3, 0.4) is 0 Å². The fraction of sp³-hybridized carbons (Fsp3) is 0.214. The first-order valence-corrected chi connectivity index (χ1v) is 12.5. The number of aliphatic hydroxyl groups is 1. The smallest absolute Gasteiger partial charge is 0.255 e. The molecule has 4 aromatic rings. The zero-order valence-electron chi connectivity index (χ0n) is 20.9. The summed E-state index contributed by atoms with van der Waals surface area (Å²) in [5, 5.41) is 20.6. The molecule has 3 heterocycles. The maximum absolute atomic E-state index is 13.4. The highest BCUT2D eigenvalue weighted by atomic mass is 35.5. The molecule has 0 unspecified atom stereocenters. The molecule has 194 valence electrons. The van der Waals surface area contributed by atoms with Crippen molar-refractivity contribution in [1.29, 1.82) is 0 Å². The maximum Gasteiger partial charge on any atom is 0.255 e. The molecule has 0 saturated heterocycles. The van der Waals surface area contributed by atoms with Gasteiger partial charge in [0.15, 0.2) is 0 Å². The number of hydrogen-bond donors (Lipinski definition) is 3. The predicted octanol–water partition coefficient (Wildman–Crippen LogP) is 4.07. The second-order valence-corrected chi connectivity index (χ2v) is 9.61. The van der Waals surface area contributed by atoms with E-state index in [9.17, 15) is 14.7 Å². The topological polar surface area (TPSA) is 112 Å². The molecular formula is C28H27ClN6O3. The molecule has 1 aliphatic rings. The Hall–Kier alpha value is -4.21. The number of rotatable bonds is 8. The molecule has 0 spiro atoms. The van der Waals surface area contributed by atoms with Crippen LogP contribution in [-0.4, -0.2) is 49.2 Å². The third-order valence-electron chi connectivity index (χ3n) is 6.71. The van der Waals surface area contributed by atoms with Crippen molar-refractivity contribution in [2.24, 2.45) is 7.05 Å². The first-order chi connectivity index (χ1) is 18.3. The maximum atomic E-state index is 13.4. The number of aliphatic hydroxyl groups excluding tert-OH is 1. The van der Waals surface area contributed by atoms with Crippen molar-refractivity contribution < 1.29 is 14.7 Å². The summed E-state index contributed by atoms with van der Waals surface area (Å²) in [6.07, 6.45) is 3.41. The van der Waals surface area contributed by atoms with Gasteiger partial charge in [0.1, 0.15) is 17.7 Å². The molecule has 38 heavy (non-hydrogen) atoms. The van der Waals surface area contributed by atoms with E-state index in [-0.39, 0.29) is 18.4 Å². The van der Waals surface area contributed by atoms with Crippen LogP contribution in [0, 0.1) is 0 Å². The summed E-state index contributed by atoms with van der Waals surface area (Å²) in [6.45, 7) is 1.72. The number of nitrogens with zero attached hydrogens (tertiary/aromatic N) is 4. The molecule has 2 amide bonds. The first kappa shape index (κ1) is 25.4. The lowest BCUT2D eigenvalue weighted by molar-refractivity contribution is -0.126. The molecule has 0 aliphatic carbocycles. The van der Waals surface area contributed by atoms with Gasteiger partial charge in [-0.25, -0.2) is 4.98 Å². The van der Waals surface area contributed by atoms with Crippen LogP contribution in [0.2, 0.25) is 5.02 Å². The van der Waals surface area contributed by atoms with Crippen LogP contribution in [0.15, 0.2) is 73.1 Å². The minimum Gasteiger partial charge on any atom is -0.394 e. The van der Waals surface area contributed by atoms with E-state index in [0.717, 1.165) is 22.5 Å². The van der Waals surface area contributed by atoms with E-state index in [1.54, 1.807) is 48.3 Å². The molecule has 0 fully saturated rings. The van der Waals surface area contributed by atoms with Crippen molar-refractivity contribution in [3.63, 3.8) is 0 Å². The summed E-state index contributed by atoms with van der Waals surface area (Å²) in [5.74, 6) is 0.893. The Bertz CT molecular complexity index is 1500. The van der Waals surface area contributed by atoms with Crippen LogP contribution in [0.4, 0.5) is 11.6 Å². The van der Waals surface area contributed by atoms with Gasteiger partial charge in [-0.1, -0.05) is 35.9 Å². The highest BCUT2D eigenvalue weighted by Crippen LogP contribution is 2.31. The van der Waals surface area contributed by atoms with E-state index in [1.807, 2.05) is 43.4 Å². The van der Waals surface area contributed by atoms with Gasteiger partial charge in [-0.15, -0.1) is 0 Å². The predicted molar refractivity (Wildman–Crippen MR) is 145 cm³/mol. The number of aromatic nitrogens is 3. The SMILES string of the molecule is C[C@H](C(=O)N[C@H](CO)c1cccc(Cl)c1)N1Cc2ccc(-c3ccnc(Nc4ccnn4C)c3)cc2C1=O. The van der Waals surface area contributed by atoms with E-state index < -0.39 is 12.1 Å². The normalized spacial score (nSPS) is 14.2. The standard InChI is InChI=1S/C28H27ClN6O3/c1-17(27(37)32-24(16-36)20-4-3-5-22(29)12-20)35-15-21-7-6-18(13-23(21)28(35)38)19-8-10-30-25(14-19)33-26-9-11-31-34(26)2/h3-14,17,24,36H,15-16H2,1-2H3,(H,30,33)(H,32,37)/t17-,24-/m1/s1. The zero-order chi connectivity index (χ0) is 26.8. The Morgan fingerprint density at radius 2 is 1.92 bits per heavy atom. The van der Waals surface area contributed by atoms with Gasteiger partial charge in [0.05, 0.1) is 18.8 Å². The highest BCUT2D eigenvalue weighted by Gasteiger charge is 2.34. The average Bonchev–Trinajstić information content (AvgIpc) is 3.48. The number of aryl methyl sites for hydroxylation is 1. The molecule has 0 bridgehead atoms. The summed E-state index contributed by atoms with van der Waals surface area (Å²) >= 11 is 6.07. The van der Waals surface area contributed by atoms with Gasteiger partial charge in [0.25, 0.3) is 5.91 Å². The summed E-state index contributed by atoms with van der Waals surface area (Å²) in [7, 11) is 1.84. The summed E-state index contributed by atoms with van der Waals surface area (Å²) in [4.78, 5) is 32.3. The van der Waals surface area contributed by atoms with Crippen LogP contribution in [0.1, 0.15) is 34.5 Å². The zero-order valence-corrected chi connectivity index (χ0v) is 21.7. The number of fused-ring (bicyclic) bond motifs is 1. The molecular weight excluding hydrogens is 504 g/mol. The Labute approximate surface area is 225 Å². The first-order valence-electron chi connectivity index (χ1n) is 12.2. The third kappa shape index (κ3) is 5.11. The van der Waals surface area contributed by atoms with Crippen molar-refractivity contribution in [3.05, 3.63) is 94.8 Å². The lowest BCUT2D eigenvalue weighted by atomic mass is 10.0. The average molecular weight is 531 g/mol. The van der Waals surface area contributed by atoms with E-state index >= 15 is 0 Å². The van der Waals surface area contributed by atoms with Crippen LogP contribution in [0.25, 0.3) is 11.1 Å². The number of carbonyl (C=O) groups is 2. The minimum absolute atomic E-state index is 0.213. The number of halogens is 1. The molecule has 0 radical (unpaired) electrons. The van der Waals surface area contributed by atoms with Crippen LogP contribution in [0.5, 0.6) is 0 Å². The molecule has 9 nitrogen and oxygen atoms in total. The van der Waals surface area contributed by atoms with Crippen molar-refractivity contribution in [3.8, 4) is 11.1 Å². The van der Waals surface area contributed by atoms with Crippen molar-refractivity contribution >= 4 is 35.1 Å². The second-order valence-electron chi connectivity index (χ2n) is 9.17. The van der Waals surface area contributed by atoms with Gasteiger partial charge in [-0.3, -0.25) is 14.3 Å². The number of amides is 2. The lowest BCUT2D eigenvalue weighted by Crippen LogP contribution is -2.46. The molecule has 2 aromatic heterocycles. The lowest BCUT2D eigenvalue weighted by Gasteiger charge is -2.26. The van der Waals surface area contributed by atoms with Gasteiger partial charge in [0, 0.05) is 36.4 Å². The summed E-state index contributed by atoms with van der Waals surface area (Å²) < 4.78 is 1.71. The third-order valence-corrected chi connectivity index (χ3v) is 6.94. The molecule has 3 N–H and O–H groups in total. The van der Waals surface area contributed by atoms with Gasteiger partial charge in [0.2, 0.25) is 5.91 Å². The van der Waals surface area contributed by atoms with Crippen molar-refractivity contribution in [2.75, 3.05) is 11.9 Å². The Kier molecular flexibility index (Phi) is 7.13. The molecule has 2 aromatic carbocycles. The fourth-order valence-electron chi connectivity index (χ4n) is 4.51. The molecule has 5 rings (SSSR count). The Morgan fingerprint density at radius 3 is 2.66 bits per heavy atom. The number of pyridine rings is 1. The van der Waals surface area contributed by atoms with Gasteiger partial charge >= 0.3 is 0 Å². The monoisotopic (exact) mass is 530 g/mol. The molecule has 2 atom stereocenters. The van der Waals surface area contributed by atoms with E-state index in [2.05, 4.69) is 20.7 Å². The van der Waals surface area contributed by atoms with Gasteiger partial charge in [-0.2, -0.15) is 5.10 Å². The van der Waals surface area contributed by atoms with E-state index in [4.69, 9.17) is 11.6 Å². The quantitative estimate of drug-likeness (QED) is 0.316. The number of nitrogens with one attached hydrogen (secondary N) is 2. The van der Waals surface area contributed by atoms with Crippen LogP contribution < -0.4 is 10.6 Å². The number of benzene rings is 2. The molecule has 0 saturated carbocycles. The Morgan fingerprint density at radius 1 is 1.11 bits per heavy atom. The van der Waals surface area contributed by atoms with E-state index in [0.29, 0.717) is 28.5 Å². The summed E-state index contributed by atoms with van der Waals surface area (Å²) in [6, 6.07) is 17.0. The number of carbonyl (C=O) groups excluding carboxylic acids is 2. The number of anilines is 2. The fourth-order valence-corrected chi connectivity index (χ4v) is 4.71.